The van der Waals surface area contributed by atoms with Crippen molar-refractivity contribution in [3.05, 3.63) is 54.6 Å². The van der Waals surface area contributed by atoms with Gasteiger partial charge in [0.05, 0.1) is 13.7 Å². The first-order valence-corrected chi connectivity index (χ1v) is 7.00. The maximum absolute atomic E-state index is 11.7. The van der Waals surface area contributed by atoms with Gasteiger partial charge in [-0.3, -0.25) is 4.79 Å². The Morgan fingerprint density at radius 1 is 0.955 bits per heavy atom. The van der Waals surface area contributed by atoms with Crippen LogP contribution in [-0.4, -0.2) is 32.8 Å². The SMILES string of the molecule is COc1ccccc1OCC(=O)NCCOc1ccccc1. The highest BCUT2D eigenvalue weighted by Crippen LogP contribution is 2.25. The van der Waals surface area contributed by atoms with E-state index in [2.05, 4.69) is 5.32 Å². The van der Waals surface area contributed by atoms with Gasteiger partial charge in [-0.2, -0.15) is 0 Å². The van der Waals surface area contributed by atoms with Crippen molar-refractivity contribution in [1.29, 1.82) is 0 Å². The van der Waals surface area contributed by atoms with Crippen LogP contribution >= 0.6 is 0 Å². The Morgan fingerprint density at radius 3 is 2.36 bits per heavy atom. The first kappa shape index (κ1) is 15.7. The predicted molar refractivity (Wildman–Crippen MR) is 83.4 cm³/mol. The number of carbonyl (C=O) groups is 1. The molecular formula is C17H19NO4. The second kappa shape index (κ2) is 8.56. The molecule has 2 aromatic rings. The third-order valence-electron chi connectivity index (χ3n) is 2.86. The maximum Gasteiger partial charge on any atom is 0.258 e. The molecule has 0 fully saturated rings. The van der Waals surface area contributed by atoms with Crippen LogP contribution in [0.5, 0.6) is 17.2 Å². The van der Waals surface area contributed by atoms with Crippen LogP contribution in [-0.2, 0) is 4.79 Å². The van der Waals surface area contributed by atoms with E-state index in [4.69, 9.17) is 14.2 Å². The number of carbonyl (C=O) groups excluding carboxylic acids is 1. The zero-order valence-corrected chi connectivity index (χ0v) is 12.5. The molecule has 5 nitrogen and oxygen atoms in total. The lowest BCUT2D eigenvalue weighted by Crippen LogP contribution is -2.32. The zero-order valence-electron chi connectivity index (χ0n) is 12.5. The van der Waals surface area contributed by atoms with Crippen LogP contribution in [0.3, 0.4) is 0 Å². The summed E-state index contributed by atoms with van der Waals surface area (Å²) in [5.74, 6) is 1.72. The molecule has 0 aromatic heterocycles. The Balaban J connectivity index is 1.66. The Kier molecular flexibility index (Phi) is 6.11. The van der Waals surface area contributed by atoms with Crippen molar-refractivity contribution in [2.45, 2.75) is 0 Å². The summed E-state index contributed by atoms with van der Waals surface area (Å²) in [7, 11) is 1.56. The van der Waals surface area contributed by atoms with Crippen molar-refractivity contribution in [2.24, 2.45) is 0 Å². The number of rotatable bonds is 8. The van der Waals surface area contributed by atoms with E-state index in [-0.39, 0.29) is 12.5 Å². The Bertz CT molecular complexity index is 586. The van der Waals surface area contributed by atoms with Gasteiger partial charge in [0.1, 0.15) is 12.4 Å². The van der Waals surface area contributed by atoms with Crippen molar-refractivity contribution in [2.75, 3.05) is 26.9 Å². The number of amides is 1. The summed E-state index contributed by atoms with van der Waals surface area (Å²) in [6, 6.07) is 16.6. The average Bonchev–Trinajstić information content (AvgIpc) is 2.58. The second-order valence-electron chi connectivity index (χ2n) is 4.45. The van der Waals surface area contributed by atoms with Crippen LogP contribution in [0, 0.1) is 0 Å². The van der Waals surface area contributed by atoms with E-state index in [9.17, 15) is 4.79 Å². The summed E-state index contributed by atoms with van der Waals surface area (Å²) in [5.41, 5.74) is 0. The maximum atomic E-state index is 11.7. The molecule has 0 spiro atoms. The third-order valence-corrected chi connectivity index (χ3v) is 2.86. The lowest BCUT2D eigenvalue weighted by atomic mass is 10.3. The molecule has 1 N–H and O–H groups in total. The van der Waals surface area contributed by atoms with Gasteiger partial charge in [-0.15, -0.1) is 0 Å². The molecule has 0 saturated heterocycles. The van der Waals surface area contributed by atoms with Gasteiger partial charge in [0.15, 0.2) is 18.1 Å². The first-order valence-electron chi connectivity index (χ1n) is 7.00. The average molecular weight is 301 g/mol. The molecule has 0 bridgehead atoms. The van der Waals surface area contributed by atoms with Gasteiger partial charge in [0.2, 0.25) is 0 Å². The van der Waals surface area contributed by atoms with E-state index in [1.807, 2.05) is 42.5 Å². The number of hydrogen-bond donors (Lipinski definition) is 1. The van der Waals surface area contributed by atoms with Gasteiger partial charge in [-0.05, 0) is 24.3 Å². The summed E-state index contributed by atoms with van der Waals surface area (Å²) >= 11 is 0. The van der Waals surface area contributed by atoms with Crippen molar-refractivity contribution in [3.8, 4) is 17.2 Å². The van der Waals surface area contributed by atoms with Crippen molar-refractivity contribution in [1.82, 2.24) is 5.32 Å². The summed E-state index contributed by atoms with van der Waals surface area (Å²) in [6.07, 6.45) is 0. The van der Waals surface area contributed by atoms with Gasteiger partial charge in [0.25, 0.3) is 5.91 Å². The lowest BCUT2D eigenvalue weighted by molar-refractivity contribution is -0.123. The molecular weight excluding hydrogens is 282 g/mol. The minimum absolute atomic E-state index is 0.0638. The molecule has 0 unspecified atom stereocenters. The van der Waals surface area contributed by atoms with E-state index in [1.54, 1.807) is 19.2 Å². The molecule has 5 heteroatoms. The van der Waals surface area contributed by atoms with Crippen molar-refractivity contribution in [3.63, 3.8) is 0 Å². The standard InChI is InChI=1S/C17H19NO4/c1-20-15-9-5-6-10-16(15)22-13-17(19)18-11-12-21-14-7-3-2-4-8-14/h2-10H,11-13H2,1H3,(H,18,19). The smallest absolute Gasteiger partial charge is 0.258 e. The van der Waals surface area contributed by atoms with Crippen molar-refractivity contribution >= 4 is 5.91 Å². The molecule has 2 rings (SSSR count). The van der Waals surface area contributed by atoms with Gasteiger partial charge < -0.3 is 19.5 Å². The fourth-order valence-electron chi connectivity index (χ4n) is 1.81. The molecule has 0 radical (unpaired) electrons. The molecule has 2 aromatic carbocycles. The molecule has 116 valence electrons. The molecule has 0 aliphatic rings. The minimum Gasteiger partial charge on any atom is -0.493 e. The summed E-state index contributed by atoms with van der Waals surface area (Å²) in [6.45, 7) is 0.763. The topological polar surface area (TPSA) is 56.8 Å². The number of methoxy groups -OCH3 is 1. The van der Waals surface area contributed by atoms with Gasteiger partial charge in [0, 0.05) is 0 Å². The molecule has 22 heavy (non-hydrogen) atoms. The van der Waals surface area contributed by atoms with Crippen LogP contribution in [0.15, 0.2) is 54.6 Å². The van der Waals surface area contributed by atoms with Crippen LogP contribution in [0.2, 0.25) is 0 Å². The van der Waals surface area contributed by atoms with Crippen LogP contribution in [0.4, 0.5) is 0 Å². The van der Waals surface area contributed by atoms with E-state index in [0.29, 0.717) is 24.7 Å². The highest BCUT2D eigenvalue weighted by atomic mass is 16.5. The third kappa shape index (κ3) is 5.01. The van der Waals surface area contributed by atoms with E-state index < -0.39 is 0 Å². The summed E-state index contributed by atoms with van der Waals surface area (Å²) in [4.78, 5) is 11.7. The molecule has 0 heterocycles. The summed E-state index contributed by atoms with van der Waals surface area (Å²) < 4.78 is 16.1. The quantitative estimate of drug-likeness (QED) is 0.760. The number of hydrogen-bond acceptors (Lipinski definition) is 4. The fraction of sp³-hybridized carbons (Fsp3) is 0.235. The van der Waals surface area contributed by atoms with E-state index in [0.717, 1.165) is 5.75 Å². The summed E-state index contributed by atoms with van der Waals surface area (Å²) in [5, 5.41) is 2.73. The van der Waals surface area contributed by atoms with Crippen molar-refractivity contribution < 1.29 is 19.0 Å². The minimum atomic E-state index is -0.206. The Morgan fingerprint density at radius 2 is 1.64 bits per heavy atom. The van der Waals surface area contributed by atoms with Crippen LogP contribution in [0.1, 0.15) is 0 Å². The van der Waals surface area contributed by atoms with E-state index in [1.165, 1.54) is 0 Å². The highest BCUT2D eigenvalue weighted by Gasteiger charge is 2.06. The van der Waals surface area contributed by atoms with Gasteiger partial charge in [-0.25, -0.2) is 0 Å². The van der Waals surface area contributed by atoms with Crippen LogP contribution in [0.25, 0.3) is 0 Å². The van der Waals surface area contributed by atoms with Gasteiger partial charge in [-0.1, -0.05) is 30.3 Å². The highest BCUT2D eigenvalue weighted by molar-refractivity contribution is 5.77. The molecule has 0 saturated carbocycles. The number of nitrogens with one attached hydrogen (secondary N) is 1. The molecule has 0 aliphatic heterocycles. The van der Waals surface area contributed by atoms with Gasteiger partial charge >= 0.3 is 0 Å². The molecule has 1 amide bonds. The number of ether oxygens (including phenoxy) is 3. The fourth-order valence-corrected chi connectivity index (χ4v) is 1.81. The normalized spacial score (nSPS) is 9.86. The Labute approximate surface area is 129 Å². The molecule has 0 atom stereocenters. The van der Waals surface area contributed by atoms with E-state index >= 15 is 0 Å². The lowest BCUT2D eigenvalue weighted by Gasteiger charge is -2.11. The Hall–Kier alpha value is -2.69. The monoisotopic (exact) mass is 301 g/mol. The second-order valence-corrected chi connectivity index (χ2v) is 4.45. The molecule has 0 aliphatic carbocycles. The zero-order chi connectivity index (χ0) is 15.6. The van der Waals surface area contributed by atoms with Crippen LogP contribution < -0.4 is 19.5 Å². The largest absolute Gasteiger partial charge is 0.493 e. The number of para-hydroxylation sites is 3. The number of benzene rings is 2. The predicted octanol–water partition coefficient (Wildman–Crippen LogP) is 2.27. The first-order chi connectivity index (χ1) is 10.8.